The summed E-state index contributed by atoms with van der Waals surface area (Å²) in [6.45, 7) is 3.18. The number of nitrogens with one attached hydrogen (secondary N) is 1. The zero-order chi connectivity index (χ0) is 18.0. The summed E-state index contributed by atoms with van der Waals surface area (Å²) in [5.41, 5.74) is -0.0370. The fraction of sp³-hybridized carbons (Fsp3) is 0.667. The summed E-state index contributed by atoms with van der Waals surface area (Å²) in [6, 6.07) is 6.03. The van der Waals surface area contributed by atoms with Crippen molar-refractivity contribution in [2.75, 3.05) is 47.5 Å². The van der Waals surface area contributed by atoms with Crippen LogP contribution in [0, 0.1) is 0 Å². The molecule has 0 aromatic heterocycles. The van der Waals surface area contributed by atoms with E-state index in [4.69, 9.17) is 9.47 Å². The zero-order valence-electron chi connectivity index (χ0n) is 15.1. The number of likely N-dealkylation sites (N-methyl/N-ethyl adjacent to an activating group) is 1. The van der Waals surface area contributed by atoms with Crippen molar-refractivity contribution >= 4 is 0 Å². The van der Waals surface area contributed by atoms with Crippen LogP contribution in [0.5, 0.6) is 5.75 Å². The third-order valence-electron chi connectivity index (χ3n) is 3.59. The van der Waals surface area contributed by atoms with Gasteiger partial charge in [-0.05, 0) is 32.6 Å². The van der Waals surface area contributed by atoms with Crippen LogP contribution in [-0.2, 0) is 10.7 Å². The van der Waals surface area contributed by atoms with Gasteiger partial charge in [-0.1, -0.05) is 25.5 Å². The van der Waals surface area contributed by atoms with Gasteiger partial charge in [0.1, 0.15) is 5.75 Å². The Morgan fingerprint density at radius 3 is 2.67 bits per heavy atom. The normalized spacial score (nSPS) is 13.3. The Balaban J connectivity index is 2.67. The van der Waals surface area contributed by atoms with Crippen LogP contribution >= 0.6 is 0 Å². The minimum atomic E-state index is -2.97. The van der Waals surface area contributed by atoms with E-state index in [1.165, 1.54) is 12.1 Å². The highest BCUT2D eigenvalue weighted by atomic mass is 19.3. The summed E-state index contributed by atoms with van der Waals surface area (Å²) >= 11 is 0. The summed E-state index contributed by atoms with van der Waals surface area (Å²) in [7, 11) is 5.37. The lowest BCUT2D eigenvalue weighted by molar-refractivity contribution is -0.00944. The van der Waals surface area contributed by atoms with E-state index in [0.717, 1.165) is 12.8 Å². The van der Waals surface area contributed by atoms with Crippen molar-refractivity contribution in [2.45, 2.75) is 31.7 Å². The first-order chi connectivity index (χ1) is 11.4. The summed E-state index contributed by atoms with van der Waals surface area (Å²) in [6.07, 6.45) is 1.91. The first-order valence-corrected chi connectivity index (χ1v) is 8.37. The molecule has 0 aliphatic carbocycles. The van der Waals surface area contributed by atoms with Gasteiger partial charge in [0.25, 0.3) is 5.92 Å². The molecular weight excluding hydrogens is 314 g/mol. The number of ether oxygens (including phenoxy) is 2. The van der Waals surface area contributed by atoms with Gasteiger partial charge in [-0.3, -0.25) is 0 Å². The Labute approximate surface area is 144 Å². The van der Waals surface area contributed by atoms with Gasteiger partial charge in [0.05, 0.1) is 19.8 Å². The molecule has 138 valence electrons. The van der Waals surface area contributed by atoms with Gasteiger partial charge in [0.2, 0.25) is 0 Å². The van der Waals surface area contributed by atoms with Crippen LogP contribution in [0.15, 0.2) is 24.3 Å². The van der Waals surface area contributed by atoms with Crippen molar-refractivity contribution in [2.24, 2.45) is 0 Å². The van der Waals surface area contributed by atoms with Gasteiger partial charge in [-0.15, -0.1) is 0 Å². The molecule has 0 amide bonds. The maximum atomic E-state index is 14.5. The molecule has 0 fully saturated rings. The molecule has 1 aromatic rings. The third kappa shape index (κ3) is 7.55. The molecule has 4 nitrogen and oxygen atoms in total. The second kappa shape index (κ2) is 10.6. The maximum Gasteiger partial charge on any atom is 0.285 e. The van der Waals surface area contributed by atoms with Crippen LogP contribution < -0.4 is 10.1 Å². The highest BCUT2D eigenvalue weighted by molar-refractivity contribution is 5.31. The second-order valence-corrected chi connectivity index (χ2v) is 6.23. The highest BCUT2D eigenvalue weighted by Gasteiger charge is 2.32. The quantitative estimate of drug-likeness (QED) is 0.591. The van der Waals surface area contributed by atoms with E-state index in [9.17, 15) is 8.78 Å². The topological polar surface area (TPSA) is 33.7 Å². The van der Waals surface area contributed by atoms with E-state index < -0.39 is 12.5 Å². The number of unbranched alkanes of at least 4 members (excludes halogenated alkanes) is 1. The molecule has 1 rings (SSSR count). The predicted octanol–water partition coefficient (Wildman–Crippen LogP) is 3.12. The summed E-state index contributed by atoms with van der Waals surface area (Å²) in [5.74, 6) is -2.48. The molecule has 0 saturated carbocycles. The molecule has 24 heavy (non-hydrogen) atoms. The molecular formula is C18H30F2N2O2. The summed E-state index contributed by atoms with van der Waals surface area (Å²) < 4.78 is 39.6. The number of benzene rings is 1. The number of halogens is 2. The summed E-state index contributed by atoms with van der Waals surface area (Å²) in [4.78, 5) is 1.94. The molecule has 0 spiro atoms. The molecule has 0 heterocycles. The van der Waals surface area contributed by atoms with E-state index in [0.29, 0.717) is 25.5 Å². The van der Waals surface area contributed by atoms with E-state index in [2.05, 4.69) is 12.2 Å². The van der Waals surface area contributed by atoms with Gasteiger partial charge >= 0.3 is 0 Å². The second-order valence-electron chi connectivity index (χ2n) is 6.23. The molecule has 1 unspecified atom stereocenters. The Hall–Kier alpha value is -1.24. The first kappa shape index (κ1) is 20.8. The predicted molar refractivity (Wildman–Crippen MR) is 93.0 cm³/mol. The number of hydrogen-bond acceptors (Lipinski definition) is 4. The Morgan fingerprint density at radius 2 is 2.04 bits per heavy atom. The van der Waals surface area contributed by atoms with E-state index in [1.807, 2.05) is 19.0 Å². The van der Waals surface area contributed by atoms with Gasteiger partial charge in [-0.25, -0.2) is 0 Å². The molecule has 0 bridgehead atoms. The van der Waals surface area contributed by atoms with Crippen molar-refractivity contribution in [3.63, 3.8) is 0 Å². The first-order valence-electron chi connectivity index (χ1n) is 8.37. The standard InChI is InChI=1S/C18H30F2N2O2/c1-5-6-10-24-17-9-7-8-15(11-17)18(19,20)14-21-16(13-23-4)12-22(2)3/h7-9,11,16,21H,5-6,10,12-14H2,1-4H3. The number of nitrogens with zero attached hydrogens (tertiary/aromatic N) is 1. The van der Waals surface area contributed by atoms with E-state index in [-0.39, 0.29) is 11.6 Å². The molecule has 1 N–H and O–H groups in total. The molecule has 0 radical (unpaired) electrons. The number of methoxy groups -OCH3 is 1. The maximum absolute atomic E-state index is 14.5. The van der Waals surface area contributed by atoms with E-state index in [1.54, 1.807) is 19.2 Å². The lowest BCUT2D eigenvalue weighted by Gasteiger charge is -2.25. The highest BCUT2D eigenvalue weighted by Crippen LogP contribution is 2.29. The van der Waals surface area contributed by atoms with Crippen molar-refractivity contribution in [1.82, 2.24) is 10.2 Å². The van der Waals surface area contributed by atoms with Gasteiger partial charge < -0.3 is 19.7 Å². The Kier molecular flexibility index (Phi) is 9.18. The Bertz CT molecular complexity index is 470. The van der Waals surface area contributed by atoms with Crippen LogP contribution in [0.4, 0.5) is 8.78 Å². The van der Waals surface area contributed by atoms with Crippen LogP contribution in [-0.4, -0.2) is 58.5 Å². The fourth-order valence-corrected chi connectivity index (χ4v) is 2.34. The van der Waals surface area contributed by atoms with Gasteiger partial charge in [0.15, 0.2) is 0 Å². The SMILES string of the molecule is CCCCOc1cccc(C(F)(F)CNC(COC)CN(C)C)c1. The minimum Gasteiger partial charge on any atom is -0.494 e. The molecule has 1 aromatic carbocycles. The smallest absolute Gasteiger partial charge is 0.285 e. The average Bonchev–Trinajstić information content (AvgIpc) is 2.53. The van der Waals surface area contributed by atoms with Crippen molar-refractivity contribution < 1.29 is 18.3 Å². The van der Waals surface area contributed by atoms with Crippen molar-refractivity contribution in [3.8, 4) is 5.75 Å². The third-order valence-corrected chi connectivity index (χ3v) is 3.59. The molecule has 6 heteroatoms. The van der Waals surface area contributed by atoms with Gasteiger partial charge in [-0.2, -0.15) is 8.78 Å². The lowest BCUT2D eigenvalue weighted by Crippen LogP contribution is -2.45. The minimum absolute atomic E-state index is 0.0370. The van der Waals surface area contributed by atoms with Crippen molar-refractivity contribution in [1.29, 1.82) is 0 Å². The largest absolute Gasteiger partial charge is 0.494 e. The lowest BCUT2D eigenvalue weighted by atomic mass is 10.1. The van der Waals surface area contributed by atoms with Gasteiger partial charge in [0, 0.05) is 25.3 Å². The summed E-state index contributed by atoms with van der Waals surface area (Å²) in [5, 5.41) is 2.91. The van der Waals surface area contributed by atoms with Crippen LogP contribution in [0.3, 0.4) is 0 Å². The molecule has 0 aliphatic heterocycles. The molecule has 0 aliphatic rings. The van der Waals surface area contributed by atoms with E-state index >= 15 is 0 Å². The fourth-order valence-electron chi connectivity index (χ4n) is 2.34. The molecule has 0 saturated heterocycles. The number of alkyl halides is 2. The van der Waals surface area contributed by atoms with Crippen molar-refractivity contribution in [3.05, 3.63) is 29.8 Å². The molecule has 1 atom stereocenters. The zero-order valence-corrected chi connectivity index (χ0v) is 15.1. The van der Waals surface area contributed by atoms with Crippen LogP contribution in [0.2, 0.25) is 0 Å². The van der Waals surface area contributed by atoms with Crippen LogP contribution in [0.25, 0.3) is 0 Å². The number of hydrogen-bond donors (Lipinski definition) is 1. The number of rotatable bonds is 12. The van der Waals surface area contributed by atoms with Crippen LogP contribution in [0.1, 0.15) is 25.3 Å². The monoisotopic (exact) mass is 344 g/mol. The Morgan fingerprint density at radius 1 is 1.29 bits per heavy atom. The average molecular weight is 344 g/mol.